The number of hydrogen-bond donors (Lipinski definition) is 7. The molecule has 7 N–H and O–H groups in total. The fourth-order valence-electron chi connectivity index (χ4n) is 9.20. The number of carbonyl (C=O) groups is 9. The summed E-state index contributed by atoms with van der Waals surface area (Å²) in [7, 11) is 0. The number of amides is 8. The monoisotopic (exact) mass is 985 g/mol. The maximum Gasteiger partial charge on any atom is 0.343 e. The molecule has 0 spiro atoms. The number of pyridine rings is 2. The van der Waals surface area contributed by atoms with E-state index in [1.165, 1.54) is 22.8 Å². The number of imide groups is 1. The summed E-state index contributed by atoms with van der Waals surface area (Å²) in [5, 5.41) is 27.2. The zero-order chi connectivity index (χ0) is 51.3. The van der Waals surface area contributed by atoms with E-state index in [4.69, 9.17) is 14.5 Å². The maximum absolute atomic E-state index is 15.3. The van der Waals surface area contributed by atoms with Crippen LogP contribution in [0.15, 0.2) is 29.1 Å². The second kappa shape index (κ2) is 21.7. The Morgan fingerprint density at radius 3 is 2.30 bits per heavy atom. The number of unbranched alkanes of at least 4 members (excludes halogenated alkanes) is 2. The molecule has 7 rings (SSSR count). The molecule has 22 nitrogen and oxygen atoms in total. The minimum atomic E-state index is -2.05. The predicted octanol–water partition coefficient (Wildman–Crippen LogP) is -0.304. The van der Waals surface area contributed by atoms with E-state index in [2.05, 4.69) is 31.9 Å². The summed E-state index contributed by atoms with van der Waals surface area (Å²) in [6, 6.07) is 1.17. The van der Waals surface area contributed by atoms with Gasteiger partial charge in [-0.2, -0.15) is 0 Å². The Morgan fingerprint density at radius 1 is 0.887 bits per heavy atom. The lowest BCUT2D eigenvalue weighted by molar-refractivity contribution is -0.172. The highest BCUT2D eigenvalue weighted by atomic mass is 19.1. The van der Waals surface area contributed by atoms with Crippen LogP contribution in [0.4, 0.5) is 4.39 Å². The third kappa shape index (κ3) is 11.0. The number of fused-ring (bicyclic) bond motifs is 5. The molecule has 0 radical (unpaired) electrons. The normalized spacial score (nSPS) is 17.8. The van der Waals surface area contributed by atoms with Crippen LogP contribution in [-0.2, 0) is 77.8 Å². The van der Waals surface area contributed by atoms with Crippen molar-refractivity contribution in [3.05, 3.63) is 73.8 Å². The lowest BCUT2D eigenvalue weighted by Gasteiger charge is -2.31. The summed E-state index contributed by atoms with van der Waals surface area (Å²) >= 11 is 0. The van der Waals surface area contributed by atoms with Crippen LogP contribution >= 0.6 is 0 Å². The minimum Gasteiger partial charge on any atom is -0.458 e. The number of cyclic esters (lactones) is 1. The van der Waals surface area contributed by atoms with Crippen LogP contribution in [-0.4, -0.2) is 118 Å². The summed E-state index contributed by atoms with van der Waals surface area (Å²) in [6.45, 7) is 4.31. The lowest BCUT2D eigenvalue weighted by Crippen LogP contribution is -2.53. The van der Waals surface area contributed by atoms with E-state index in [9.17, 15) is 53.1 Å². The second-order valence-corrected chi connectivity index (χ2v) is 18.1. The molecule has 5 heterocycles. The number of nitrogens with one attached hydrogen (secondary N) is 6. The van der Waals surface area contributed by atoms with Crippen LogP contribution in [0.25, 0.3) is 22.3 Å². The van der Waals surface area contributed by atoms with Crippen LogP contribution in [0.1, 0.15) is 98.7 Å². The zero-order valence-electron chi connectivity index (χ0n) is 39.7. The Labute approximate surface area is 405 Å². The second-order valence-electron chi connectivity index (χ2n) is 18.1. The number of carbonyl (C=O) groups excluding carboxylic acids is 9. The van der Waals surface area contributed by atoms with Gasteiger partial charge in [0.05, 0.1) is 54.7 Å². The largest absolute Gasteiger partial charge is 0.458 e. The van der Waals surface area contributed by atoms with Crippen molar-refractivity contribution in [2.24, 2.45) is 5.92 Å². The number of aromatic nitrogens is 2. The van der Waals surface area contributed by atoms with Crippen molar-refractivity contribution in [3.8, 4) is 11.4 Å². The van der Waals surface area contributed by atoms with E-state index in [0.717, 1.165) is 10.5 Å². The maximum atomic E-state index is 15.3. The van der Waals surface area contributed by atoms with E-state index >= 15 is 4.39 Å². The lowest BCUT2D eigenvalue weighted by atomic mass is 9.81. The Kier molecular flexibility index (Phi) is 15.7. The number of aliphatic hydroxyl groups is 1. The molecule has 23 heteroatoms. The van der Waals surface area contributed by atoms with E-state index in [1.54, 1.807) is 33.8 Å². The third-order valence-electron chi connectivity index (χ3n) is 13.1. The van der Waals surface area contributed by atoms with Gasteiger partial charge in [-0.05, 0) is 67.7 Å². The molecule has 0 saturated heterocycles. The number of hydrogen-bond acceptors (Lipinski definition) is 14. The standard InChI is InChI=1S/C48H56FN9O13/c1-5-48(69)29-15-33-44-27(20-58(33)46(67)28(29)21-71-47(48)68)42-31(11-10-26-25(4)30(49)16-32(55-44)41(26)42)54-38(63)22-70-23-53-36(61)18-52-45(66)43(24(2)3)56-37(62)19-51-35(60)17-50-34(59)9-7-6-8-14-57-39(64)12-13-40(57)65/h12-13,15-16,24,31,43,69H,5-11,14,17-23H2,1-4H3,(H,50,59)(H,51,60)(H,52,66)(H,53,61)(H,54,63)(H,56,62)/t31-,43-,48-/m0/s1. The van der Waals surface area contributed by atoms with Gasteiger partial charge in [-0.15, -0.1) is 0 Å². The molecule has 3 aliphatic heterocycles. The number of rotatable bonds is 21. The van der Waals surface area contributed by atoms with Gasteiger partial charge in [0.25, 0.3) is 17.4 Å². The van der Waals surface area contributed by atoms with E-state index in [-0.39, 0.29) is 55.5 Å². The van der Waals surface area contributed by atoms with Gasteiger partial charge in [0, 0.05) is 47.7 Å². The molecule has 1 aromatic carbocycles. The fourth-order valence-corrected chi connectivity index (χ4v) is 9.20. The molecule has 0 unspecified atom stereocenters. The van der Waals surface area contributed by atoms with Crippen LogP contribution in [0.5, 0.6) is 0 Å². The van der Waals surface area contributed by atoms with Crippen molar-refractivity contribution >= 4 is 64.1 Å². The quantitative estimate of drug-likeness (QED) is 0.0244. The van der Waals surface area contributed by atoms with Crippen LogP contribution in [0.2, 0.25) is 0 Å². The van der Waals surface area contributed by atoms with Crippen molar-refractivity contribution in [2.75, 3.05) is 39.5 Å². The molecule has 3 atom stereocenters. The highest BCUT2D eigenvalue weighted by molar-refractivity contribution is 6.12. The first-order valence-electron chi connectivity index (χ1n) is 23.4. The van der Waals surface area contributed by atoms with Gasteiger partial charge >= 0.3 is 5.97 Å². The Hall–Kier alpha value is -7.40. The number of esters is 1. The fraction of sp³-hybridized carbons (Fsp3) is 0.479. The number of benzene rings is 1. The number of nitrogens with zero attached hydrogens (tertiary/aromatic N) is 3. The van der Waals surface area contributed by atoms with Gasteiger partial charge in [-0.25, -0.2) is 14.2 Å². The van der Waals surface area contributed by atoms with Crippen molar-refractivity contribution < 1.29 is 62.1 Å². The molecule has 378 valence electrons. The molecule has 1 aliphatic carbocycles. The van der Waals surface area contributed by atoms with Crippen molar-refractivity contribution in [1.29, 1.82) is 0 Å². The molecule has 3 aromatic rings. The van der Waals surface area contributed by atoms with E-state index in [0.29, 0.717) is 71.1 Å². The van der Waals surface area contributed by atoms with Crippen molar-refractivity contribution in [2.45, 2.75) is 103 Å². The third-order valence-corrected chi connectivity index (χ3v) is 13.1. The first-order valence-corrected chi connectivity index (χ1v) is 23.4. The summed E-state index contributed by atoms with van der Waals surface area (Å²) in [6.07, 6.45) is 4.82. The molecule has 8 amide bonds. The average Bonchev–Trinajstić information content (AvgIpc) is 3.87. The molecular formula is C48H56FN9O13. The molecule has 0 bridgehead atoms. The highest BCUT2D eigenvalue weighted by Gasteiger charge is 2.46. The number of aryl methyl sites for hydroxylation is 1. The summed E-state index contributed by atoms with van der Waals surface area (Å²) in [5.74, 6) is -6.12. The van der Waals surface area contributed by atoms with Gasteiger partial charge in [-0.1, -0.05) is 27.2 Å². The average molecular weight is 986 g/mol. The van der Waals surface area contributed by atoms with E-state index in [1.807, 2.05) is 0 Å². The van der Waals surface area contributed by atoms with Gasteiger partial charge < -0.3 is 51.0 Å². The Morgan fingerprint density at radius 2 is 1.58 bits per heavy atom. The molecule has 0 fully saturated rings. The van der Waals surface area contributed by atoms with Crippen molar-refractivity contribution in [1.82, 2.24) is 46.4 Å². The smallest absolute Gasteiger partial charge is 0.343 e. The van der Waals surface area contributed by atoms with Crippen molar-refractivity contribution in [3.63, 3.8) is 0 Å². The zero-order valence-corrected chi connectivity index (χ0v) is 39.7. The Bertz CT molecular complexity index is 2810. The topological polar surface area (TPSA) is 303 Å². The Balaban J connectivity index is 0.851. The van der Waals surface area contributed by atoms with Crippen LogP contribution < -0.4 is 37.5 Å². The first kappa shape index (κ1) is 51.5. The van der Waals surface area contributed by atoms with Gasteiger partial charge in [0.15, 0.2) is 5.60 Å². The van der Waals surface area contributed by atoms with Gasteiger partial charge in [0.1, 0.15) is 31.8 Å². The molecule has 71 heavy (non-hydrogen) atoms. The minimum absolute atomic E-state index is 0.0472. The molecule has 0 saturated carbocycles. The SMILES string of the molecule is CC[C@@]1(O)C(=O)OCc2c1cc1n(c2=O)Cc2c-1nc1cc(F)c(C)c3c1c2[C@@H](NC(=O)COCNC(=O)CNC(=O)[C@@H](NC(=O)CNC(=O)CNC(=O)CCCCCN1C(=O)C=CC1=O)C(C)C)CC3. The first-order chi connectivity index (χ1) is 33.8. The van der Waals surface area contributed by atoms with Crippen LogP contribution in [0, 0.1) is 18.7 Å². The number of halogens is 1. The summed E-state index contributed by atoms with van der Waals surface area (Å²) in [4.78, 5) is 132. The predicted molar refractivity (Wildman–Crippen MR) is 248 cm³/mol. The summed E-state index contributed by atoms with van der Waals surface area (Å²) < 4.78 is 27.4. The molecule has 4 aliphatic rings. The van der Waals surface area contributed by atoms with Gasteiger partial charge in [0.2, 0.25) is 35.4 Å². The van der Waals surface area contributed by atoms with E-state index < -0.39 is 109 Å². The van der Waals surface area contributed by atoms with Gasteiger partial charge in [-0.3, -0.25) is 48.1 Å². The summed E-state index contributed by atoms with van der Waals surface area (Å²) in [5.41, 5.74) is 1.18. The highest BCUT2D eigenvalue weighted by Crippen LogP contribution is 2.46. The number of ether oxygens (including phenoxy) is 2. The molecule has 2 aromatic heterocycles. The molecular weight excluding hydrogens is 930 g/mol. The van der Waals surface area contributed by atoms with Crippen LogP contribution in [0.3, 0.4) is 0 Å².